The Morgan fingerprint density at radius 2 is 2.00 bits per heavy atom. The number of hydrogen-bond donors (Lipinski definition) is 0. The molecule has 1 saturated heterocycles. The Balaban J connectivity index is 2.06. The van der Waals surface area contributed by atoms with Gasteiger partial charge in [-0.3, -0.25) is 4.79 Å². The van der Waals surface area contributed by atoms with Gasteiger partial charge in [-0.15, -0.1) is 0 Å². The summed E-state index contributed by atoms with van der Waals surface area (Å²) in [6.07, 6.45) is 6.58. The van der Waals surface area contributed by atoms with E-state index in [1.54, 1.807) is 0 Å². The van der Waals surface area contributed by atoms with E-state index in [0.717, 1.165) is 45.1 Å². The second kappa shape index (κ2) is 4.74. The van der Waals surface area contributed by atoms with E-state index >= 15 is 0 Å². The van der Waals surface area contributed by atoms with Crippen LogP contribution < -0.4 is 0 Å². The molecule has 92 valence electrons. The van der Waals surface area contributed by atoms with Crippen molar-refractivity contribution < 1.29 is 14.3 Å². The third-order valence-corrected chi connectivity index (χ3v) is 3.74. The molecule has 2 fully saturated rings. The molecule has 3 heteroatoms. The third-order valence-electron chi connectivity index (χ3n) is 3.74. The molecule has 0 radical (unpaired) electrons. The molecule has 1 aliphatic heterocycles. The first-order chi connectivity index (χ1) is 7.64. The van der Waals surface area contributed by atoms with Gasteiger partial charge in [0.2, 0.25) is 0 Å². The Bertz CT molecular complexity index is 248. The van der Waals surface area contributed by atoms with E-state index in [-0.39, 0.29) is 23.6 Å². The summed E-state index contributed by atoms with van der Waals surface area (Å²) in [7, 11) is 0. The first-order valence-electron chi connectivity index (χ1n) is 6.48. The van der Waals surface area contributed by atoms with Gasteiger partial charge in [-0.05, 0) is 38.5 Å². The molecular weight excluding hydrogens is 204 g/mol. The number of hydrogen-bond acceptors (Lipinski definition) is 3. The van der Waals surface area contributed by atoms with Gasteiger partial charge in [0, 0.05) is 6.61 Å². The lowest BCUT2D eigenvalue weighted by Gasteiger charge is -2.34. The molecule has 0 bridgehead atoms. The van der Waals surface area contributed by atoms with Gasteiger partial charge in [0.15, 0.2) is 0 Å². The van der Waals surface area contributed by atoms with Crippen molar-refractivity contribution in [2.24, 2.45) is 5.92 Å². The zero-order valence-electron chi connectivity index (χ0n) is 10.3. The summed E-state index contributed by atoms with van der Waals surface area (Å²) in [4.78, 5) is 11.8. The molecule has 1 heterocycles. The number of carbonyl (C=O) groups excluding carboxylic acids is 1. The predicted molar refractivity (Wildman–Crippen MR) is 61.1 cm³/mol. The molecule has 0 aromatic heterocycles. The van der Waals surface area contributed by atoms with E-state index in [2.05, 4.69) is 0 Å². The lowest BCUT2D eigenvalue weighted by molar-refractivity contribution is -0.177. The zero-order valence-corrected chi connectivity index (χ0v) is 10.3. The average molecular weight is 226 g/mol. The molecule has 0 aromatic rings. The Morgan fingerprint density at radius 3 is 2.50 bits per heavy atom. The Kier molecular flexibility index (Phi) is 3.53. The van der Waals surface area contributed by atoms with E-state index in [4.69, 9.17) is 9.47 Å². The molecule has 1 aliphatic carbocycles. The van der Waals surface area contributed by atoms with Crippen LogP contribution in [-0.2, 0) is 14.3 Å². The smallest absolute Gasteiger partial charge is 0.309 e. The first kappa shape index (κ1) is 11.9. The molecule has 0 amide bonds. The third kappa shape index (κ3) is 2.24. The van der Waals surface area contributed by atoms with E-state index in [0.29, 0.717) is 0 Å². The van der Waals surface area contributed by atoms with E-state index in [1.807, 2.05) is 13.8 Å². The van der Waals surface area contributed by atoms with Crippen LogP contribution in [0.5, 0.6) is 0 Å². The van der Waals surface area contributed by atoms with Gasteiger partial charge in [0.05, 0.1) is 12.0 Å². The van der Waals surface area contributed by atoms with Gasteiger partial charge in [0.1, 0.15) is 5.60 Å². The van der Waals surface area contributed by atoms with Crippen LogP contribution >= 0.6 is 0 Å². The molecule has 1 atom stereocenters. The SMILES string of the molecule is CC(C)C(=O)OC1(C2CCCO2)CCCC1. The highest BCUT2D eigenvalue weighted by Crippen LogP contribution is 2.41. The summed E-state index contributed by atoms with van der Waals surface area (Å²) in [6.45, 7) is 4.60. The highest BCUT2D eigenvalue weighted by molar-refractivity contribution is 5.72. The minimum Gasteiger partial charge on any atom is -0.456 e. The molecule has 0 aromatic carbocycles. The van der Waals surface area contributed by atoms with Gasteiger partial charge in [-0.1, -0.05) is 13.8 Å². The van der Waals surface area contributed by atoms with Crippen molar-refractivity contribution in [1.29, 1.82) is 0 Å². The topological polar surface area (TPSA) is 35.5 Å². The van der Waals surface area contributed by atoms with Gasteiger partial charge in [-0.2, -0.15) is 0 Å². The molecular formula is C13H22O3. The maximum Gasteiger partial charge on any atom is 0.309 e. The summed E-state index contributed by atoms with van der Waals surface area (Å²) in [5.41, 5.74) is -0.294. The van der Waals surface area contributed by atoms with Crippen LogP contribution in [0.15, 0.2) is 0 Å². The summed E-state index contributed by atoms with van der Waals surface area (Å²) < 4.78 is 11.5. The Labute approximate surface area is 97.5 Å². The van der Waals surface area contributed by atoms with Crippen molar-refractivity contribution >= 4 is 5.97 Å². The molecule has 0 N–H and O–H groups in total. The van der Waals surface area contributed by atoms with E-state index in [1.165, 1.54) is 0 Å². The maximum atomic E-state index is 11.8. The maximum absolute atomic E-state index is 11.8. The fourth-order valence-corrected chi connectivity index (χ4v) is 2.77. The number of esters is 1. The van der Waals surface area contributed by atoms with Gasteiger partial charge < -0.3 is 9.47 Å². The molecule has 1 saturated carbocycles. The number of carbonyl (C=O) groups is 1. The fourth-order valence-electron chi connectivity index (χ4n) is 2.77. The summed E-state index contributed by atoms with van der Waals surface area (Å²) in [6, 6.07) is 0. The molecule has 1 unspecified atom stereocenters. The molecule has 3 nitrogen and oxygen atoms in total. The Hall–Kier alpha value is -0.570. The minimum atomic E-state index is -0.294. The fraction of sp³-hybridized carbons (Fsp3) is 0.923. The molecule has 2 rings (SSSR count). The largest absolute Gasteiger partial charge is 0.456 e. The van der Waals surface area contributed by atoms with Crippen LogP contribution in [0.25, 0.3) is 0 Å². The van der Waals surface area contributed by atoms with Crippen molar-refractivity contribution in [3.63, 3.8) is 0 Å². The van der Waals surface area contributed by atoms with Crippen LogP contribution in [0.2, 0.25) is 0 Å². The van der Waals surface area contributed by atoms with Crippen molar-refractivity contribution in [3.8, 4) is 0 Å². The predicted octanol–water partition coefficient (Wildman–Crippen LogP) is 2.68. The van der Waals surface area contributed by atoms with Crippen molar-refractivity contribution in [1.82, 2.24) is 0 Å². The molecule has 16 heavy (non-hydrogen) atoms. The van der Waals surface area contributed by atoms with E-state index in [9.17, 15) is 4.79 Å². The summed E-state index contributed by atoms with van der Waals surface area (Å²) in [5, 5.41) is 0. The van der Waals surface area contributed by atoms with Crippen LogP contribution in [0.4, 0.5) is 0 Å². The summed E-state index contributed by atoms with van der Waals surface area (Å²) >= 11 is 0. The lowest BCUT2D eigenvalue weighted by atomic mass is 9.92. The van der Waals surface area contributed by atoms with Crippen molar-refractivity contribution in [2.75, 3.05) is 6.61 Å². The standard InChI is InChI=1S/C13H22O3/c1-10(2)12(14)16-13(7-3-4-8-13)11-6-5-9-15-11/h10-11H,3-9H2,1-2H3. The second-order valence-electron chi connectivity index (χ2n) is 5.35. The first-order valence-corrected chi connectivity index (χ1v) is 6.48. The molecule has 0 spiro atoms. The van der Waals surface area contributed by atoms with Crippen LogP contribution in [0, 0.1) is 5.92 Å². The summed E-state index contributed by atoms with van der Waals surface area (Å²) in [5.74, 6) is -0.115. The van der Waals surface area contributed by atoms with Crippen LogP contribution in [0.1, 0.15) is 52.4 Å². The minimum absolute atomic E-state index is 0.0427. The lowest BCUT2D eigenvalue weighted by Crippen LogP contribution is -2.44. The van der Waals surface area contributed by atoms with Gasteiger partial charge >= 0.3 is 5.97 Å². The number of ether oxygens (including phenoxy) is 2. The van der Waals surface area contributed by atoms with Gasteiger partial charge in [0.25, 0.3) is 0 Å². The Morgan fingerprint density at radius 1 is 1.31 bits per heavy atom. The van der Waals surface area contributed by atoms with Crippen LogP contribution in [-0.4, -0.2) is 24.3 Å². The number of rotatable bonds is 3. The zero-order chi connectivity index (χ0) is 11.6. The van der Waals surface area contributed by atoms with Crippen molar-refractivity contribution in [2.45, 2.75) is 64.1 Å². The average Bonchev–Trinajstić information content (AvgIpc) is 2.87. The van der Waals surface area contributed by atoms with E-state index < -0.39 is 0 Å². The second-order valence-corrected chi connectivity index (χ2v) is 5.35. The monoisotopic (exact) mass is 226 g/mol. The van der Waals surface area contributed by atoms with Crippen LogP contribution in [0.3, 0.4) is 0 Å². The highest BCUT2D eigenvalue weighted by Gasteiger charge is 2.47. The molecule has 2 aliphatic rings. The normalized spacial score (nSPS) is 28.6. The highest BCUT2D eigenvalue weighted by atomic mass is 16.6. The quantitative estimate of drug-likeness (QED) is 0.694. The van der Waals surface area contributed by atoms with Gasteiger partial charge in [-0.25, -0.2) is 0 Å². The van der Waals surface area contributed by atoms with Crippen molar-refractivity contribution in [3.05, 3.63) is 0 Å².